The monoisotopic (exact) mass is 280 g/mol. The molecule has 0 aromatic heterocycles. The third-order valence-corrected chi connectivity index (χ3v) is 2.93. The van der Waals surface area contributed by atoms with E-state index in [0.29, 0.717) is 16.7 Å². The van der Waals surface area contributed by atoms with Crippen molar-refractivity contribution >= 4 is 11.9 Å². The Morgan fingerprint density at radius 3 is 2.19 bits per heavy atom. The number of benzene rings is 2. The van der Waals surface area contributed by atoms with Gasteiger partial charge in [-0.15, -0.1) is 0 Å². The zero-order valence-electron chi connectivity index (χ0n) is 11.0. The lowest BCUT2D eigenvalue weighted by molar-refractivity contribution is -0.139. The van der Waals surface area contributed by atoms with Gasteiger partial charge >= 0.3 is 5.97 Å². The molecule has 2 aromatic carbocycles. The maximum absolute atomic E-state index is 12.1. The first-order valence-corrected chi connectivity index (χ1v) is 6.20. The van der Waals surface area contributed by atoms with Gasteiger partial charge in [-0.3, -0.25) is 4.79 Å². The average Bonchev–Trinajstić information content (AvgIpc) is 2.53. The van der Waals surface area contributed by atoms with E-state index in [1.807, 2.05) is 6.07 Å². The molecule has 1 atom stereocenters. The van der Waals surface area contributed by atoms with Gasteiger partial charge in [-0.05, 0) is 29.8 Å². The highest BCUT2D eigenvalue weighted by atomic mass is 16.4. The largest absolute Gasteiger partial charge is 0.479 e. The van der Waals surface area contributed by atoms with Gasteiger partial charge in [0.15, 0.2) is 6.04 Å². The predicted molar refractivity (Wildman–Crippen MR) is 75.4 cm³/mol. The van der Waals surface area contributed by atoms with Crippen LogP contribution in [0, 0.1) is 11.3 Å². The number of hydrogen-bond donors (Lipinski definition) is 2. The van der Waals surface area contributed by atoms with Crippen LogP contribution >= 0.6 is 0 Å². The molecule has 0 aliphatic heterocycles. The number of carboxylic acids is 1. The van der Waals surface area contributed by atoms with Crippen molar-refractivity contribution in [3.05, 3.63) is 71.3 Å². The number of aliphatic carboxylic acids is 1. The molecule has 2 N–H and O–H groups in total. The topological polar surface area (TPSA) is 90.2 Å². The van der Waals surface area contributed by atoms with E-state index in [1.165, 1.54) is 24.3 Å². The van der Waals surface area contributed by atoms with Crippen LogP contribution in [0.2, 0.25) is 0 Å². The average molecular weight is 280 g/mol. The van der Waals surface area contributed by atoms with Crippen molar-refractivity contribution in [3.8, 4) is 6.07 Å². The number of nitriles is 1. The van der Waals surface area contributed by atoms with Crippen molar-refractivity contribution in [2.75, 3.05) is 0 Å². The van der Waals surface area contributed by atoms with E-state index in [4.69, 9.17) is 5.26 Å². The van der Waals surface area contributed by atoms with Crippen molar-refractivity contribution in [1.29, 1.82) is 5.26 Å². The van der Waals surface area contributed by atoms with Gasteiger partial charge in [0.2, 0.25) is 0 Å². The molecule has 2 rings (SSSR count). The second-order valence-electron chi connectivity index (χ2n) is 4.34. The predicted octanol–water partition coefficient (Wildman–Crippen LogP) is 2.11. The van der Waals surface area contributed by atoms with Crippen LogP contribution in [-0.4, -0.2) is 17.0 Å². The number of hydrogen-bond acceptors (Lipinski definition) is 3. The summed E-state index contributed by atoms with van der Waals surface area (Å²) in [7, 11) is 0. The minimum atomic E-state index is -1.14. The van der Waals surface area contributed by atoms with E-state index in [0.717, 1.165) is 0 Å². The number of rotatable bonds is 4. The molecular formula is C16H12N2O3. The summed E-state index contributed by atoms with van der Waals surface area (Å²) in [5.74, 6) is -1.64. The Hall–Kier alpha value is -3.13. The van der Waals surface area contributed by atoms with Crippen LogP contribution < -0.4 is 5.32 Å². The number of nitrogens with zero attached hydrogens (tertiary/aromatic N) is 1. The summed E-state index contributed by atoms with van der Waals surface area (Å²) in [6.45, 7) is 0. The van der Waals surface area contributed by atoms with Gasteiger partial charge in [0.25, 0.3) is 5.91 Å². The molecule has 21 heavy (non-hydrogen) atoms. The van der Waals surface area contributed by atoms with E-state index < -0.39 is 17.9 Å². The molecule has 0 aliphatic rings. The molecule has 0 fully saturated rings. The minimum Gasteiger partial charge on any atom is -0.479 e. The van der Waals surface area contributed by atoms with Crippen molar-refractivity contribution in [3.63, 3.8) is 0 Å². The number of carboxylic acid groups (broad SMARTS) is 1. The summed E-state index contributed by atoms with van der Waals surface area (Å²) in [5, 5.41) is 20.4. The van der Waals surface area contributed by atoms with Crippen LogP contribution in [0.1, 0.15) is 27.5 Å². The molecule has 0 aliphatic carbocycles. The van der Waals surface area contributed by atoms with Gasteiger partial charge in [0.1, 0.15) is 0 Å². The standard InChI is InChI=1S/C16H12N2O3/c17-10-11-6-8-13(9-7-11)15(19)18-14(16(20)21)12-4-2-1-3-5-12/h1-9,14H,(H,18,19)(H,20,21). The highest BCUT2D eigenvalue weighted by molar-refractivity contribution is 5.96. The van der Waals surface area contributed by atoms with E-state index in [2.05, 4.69) is 5.32 Å². The number of amides is 1. The van der Waals surface area contributed by atoms with Gasteiger partial charge in [0, 0.05) is 5.56 Å². The molecule has 0 saturated carbocycles. The van der Waals surface area contributed by atoms with Gasteiger partial charge in [-0.1, -0.05) is 30.3 Å². The molecule has 5 heteroatoms. The second-order valence-corrected chi connectivity index (χ2v) is 4.34. The molecule has 0 saturated heterocycles. The molecule has 0 radical (unpaired) electrons. The van der Waals surface area contributed by atoms with Gasteiger partial charge in [-0.25, -0.2) is 4.79 Å². The van der Waals surface area contributed by atoms with Gasteiger partial charge < -0.3 is 10.4 Å². The Morgan fingerprint density at radius 2 is 1.67 bits per heavy atom. The fourth-order valence-corrected chi connectivity index (χ4v) is 1.84. The Bertz CT molecular complexity index is 688. The zero-order valence-corrected chi connectivity index (χ0v) is 11.0. The Morgan fingerprint density at radius 1 is 1.05 bits per heavy atom. The molecule has 104 valence electrons. The Kier molecular flexibility index (Phi) is 4.32. The maximum Gasteiger partial charge on any atom is 0.330 e. The van der Waals surface area contributed by atoms with Crippen LogP contribution in [0.25, 0.3) is 0 Å². The highest BCUT2D eigenvalue weighted by Crippen LogP contribution is 2.14. The minimum absolute atomic E-state index is 0.302. The lowest BCUT2D eigenvalue weighted by atomic mass is 10.1. The Balaban J connectivity index is 2.19. The summed E-state index contributed by atoms with van der Waals surface area (Å²) in [6.07, 6.45) is 0. The fourth-order valence-electron chi connectivity index (χ4n) is 1.84. The fraction of sp³-hybridized carbons (Fsp3) is 0.0625. The van der Waals surface area contributed by atoms with Crippen molar-refractivity contribution in [2.45, 2.75) is 6.04 Å². The molecule has 0 heterocycles. The van der Waals surface area contributed by atoms with Crippen molar-refractivity contribution < 1.29 is 14.7 Å². The SMILES string of the molecule is N#Cc1ccc(C(=O)NC(C(=O)O)c2ccccc2)cc1. The van der Waals surface area contributed by atoms with Crippen LogP contribution in [0.3, 0.4) is 0 Å². The van der Waals surface area contributed by atoms with E-state index >= 15 is 0 Å². The van der Waals surface area contributed by atoms with Crippen molar-refractivity contribution in [2.24, 2.45) is 0 Å². The molecule has 1 amide bonds. The third-order valence-electron chi connectivity index (χ3n) is 2.93. The van der Waals surface area contributed by atoms with Gasteiger partial charge in [-0.2, -0.15) is 5.26 Å². The third kappa shape index (κ3) is 3.45. The Labute approximate surface area is 121 Å². The molecule has 2 aromatic rings. The quantitative estimate of drug-likeness (QED) is 0.897. The first kappa shape index (κ1) is 14.3. The van der Waals surface area contributed by atoms with Gasteiger partial charge in [0.05, 0.1) is 11.6 Å². The number of nitrogens with one attached hydrogen (secondary N) is 1. The van der Waals surface area contributed by atoms with Crippen LogP contribution in [0.4, 0.5) is 0 Å². The molecule has 5 nitrogen and oxygen atoms in total. The summed E-state index contributed by atoms with van der Waals surface area (Å²) in [5.41, 5.74) is 1.23. The summed E-state index contributed by atoms with van der Waals surface area (Å²) in [6, 6.07) is 15.3. The smallest absolute Gasteiger partial charge is 0.330 e. The summed E-state index contributed by atoms with van der Waals surface area (Å²) in [4.78, 5) is 23.4. The number of carbonyl (C=O) groups excluding carboxylic acids is 1. The summed E-state index contributed by atoms with van der Waals surface area (Å²) >= 11 is 0. The number of carbonyl (C=O) groups is 2. The van der Waals surface area contributed by atoms with E-state index in [1.54, 1.807) is 30.3 Å². The van der Waals surface area contributed by atoms with Crippen molar-refractivity contribution in [1.82, 2.24) is 5.32 Å². The van der Waals surface area contributed by atoms with Crippen LogP contribution in [-0.2, 0) is 4.79 Å². The molecular weight excluding hydrogens is 268 g/mol. The molecule has 0 spiro atoms. The molecule has 1 unspecified atom stereocenters. The first-order valence-electron chi connectivity index (χ1n) is 6.20. The van der Waals surface area contributed by atoms with E-state index in [9.17, 15) is 14.7 Å². The summed E-state index contributed by atoms with van der Waals surface area (Å²) < 4.78 is 0. The lowest BCUT2D eigenvalue weighted by Crippen LogP contribution is -2.33. The van der Waals surface area contributed by atoms with E-state index in [-0.39, 0.29) is 0 Å². The van der Waals surface area contributed by atoms with Crippen LogP contribution in [0.15, 0.2) is 54.6 Å². The zero-order chi connectivity index (χ0) is 15.2. The maximum atomic E-state index is 12.1. The second kappa shape index (κ2) is 6.35. The first-order chi connectivity index (χ1) is 10.1. The molecule has 0 bridgehead atoms. The lowest BCUT2D eigenvalue weighted by Gasteiger charge is -2.14. The highest BCUT2D eigenvalue weighted by Gasteiger charge is 2.22. The van der Waals surface area contributed by atoms with Crippen LogP contribution in [0.5, 0.6) is 0 Å². The normalized spacial score (nSPS) is 11.2.